The van der Waals surface area contributed by atoms with Crippen molar-refractivity contribution in [2.75, 3.05) is 13.2 Å². The summed E-state index contributed by atoms with van der Waals surface area (Å²) in [6, 6.07) is 11.9. The largest absolute Gasteiger partial charge is 0.486 e. The van der Waals surface area contributed by atoms with Crippen LogP contribution in [0.1, 0.15) is 17.2 Å². The van der Waals surface area contributed by atoms with E-state index in [2.05, 4.69) is 0 Å². The summed E-state index contributed by atoms with van der Waals surface area (Å²) in [5, 5.41) is 0. The molecule has 1 atom stereocenters. The van der Waals surface area contributed by atoms with E-state index in [1.807, 2.05) is 24.3 Å². The van der Waals surface area contributed by atoms with E-state index in [1.54, 1.807) is 6.07 Å². The van der Waals surface area contributed by atoms with Gasteiger partial charge in [-0.15, -0.1) is 0 Å². The van der Waals surface area contributed by atoms with E-state index in [0.717, 1.165) is 16.9 Å². The molecule has 104 valence electrons. The molecule has 1 heterocycles. The number of hydrogen-bond donors (Lipinski definition) is 1. The highest BCUT2D eigenvalue weighted by molar-refractivity contribution is 5.49. The van der Waals surface area contributed by atoms with E-state index in [9.17, 15) is 4.39 Å². The molecule has 3 rings (SSSR count). The molecule has 0 saturated heterocycles. The van der Waals surface area contributed by atoms with E-state index in [4.69, 9.17) is 15.2 Å². The lowest BCUT2D eigenvalue weighted by Crippen LogP contribution is -2.20. The molecule has 20 heavy (non-hydrogen) atoms. The van der Waals surface area contributed by atoms with Crippen LogP contribution in [0.4, 0.5) is 4.39 Å². The molecule has 0 radical (unpaired) electrons. The molecule has 0 aliphatic carbocycles. The van der Waals surface area contributed by atoms with Gasteiger partial charge in [0.25, 0.3) is 0 Å². The van der Waals surface area contributed by atoms with Gasteiger partial charge in [-0.1, -0.05) is 24.3 Å². The van der Waals surface area contributed by atoms with E-state index in [-0.39, 0.29) is 11.9 Å². The molecule has 0 amide bonds. The number of benzene rings is 2. The summed E-state index contributed by atoms with van der Waals surface area (Å²) in [6.45, 7) is 1.08. The van der Waals surface area contributed by atoms with Crippen LogP contribution < -0.4 is 15.2 Å². The normalized spacial score (nSPS) is 14.9. The monoisotopic (exact) mass is 273 g/mol. The van der Waals surface area contributed by atoms with Crippen LogP contribution in [0, 0.1) is 5.82 Å². The number of ether oxygens (including phenoxy) is 2. The Balaban J connectivity index is 1.85. The number of hydrogen-bond acceptors (Lipinski definition) is 3. The Morgan fingerprint density at radius 1 is 1.10 bits per heavy atom. The molecule has 1 unspecified atom stereocenters. The third-order valence-corrected chi connectivity index (χ3v) is 3.34. The first kappa shape index (κ1) is 12.9. The Kier molecular flexibility index (Phi) is 3.56. The molecule has 4 heteroatoms. The van der Waals surface area contributed by atoms with Gasteiger partial charge in [-0.3, -0.25) is 0 Å². The Morgan fingerprint density at radius 3 is 2.75 bits per heavy atom. The summed E-state index contributed by atoms with van der Waals surface area (Å²) < 4.78 is 24.4. The summed E-state index contributed by atoms with van der Waals surface area (Å²) in [4.78, 5) is 0. The summed E-state index contributed by atoms with van der Waals surface area (Å²) >= 11 is 0. The lowest BCUT2D eigenvalue weighted by atomic mass is 9.98. The van der Waals surface area contributed by atoms with Crippen LogP contribution in [-0.4, -0.2) is 13.2 Å². The summed E-state index contributed by atoms with van der Waals surface area (Å²) in [5.74, 6) is 1.19. The molecule has 0 fully saturated rings. The van der Waals surface area contributed by atoms with Crippen LogP contribution in [0.25, 0.3) is 0 Å². The average Bonchev–Trinajstić information content (AvgIpc) is 2.46. The van der Waals surface area contributed by atoms with Crippen LogP contribution in [0.15, 0.2) is 42.5 Å². The van der Waals surface area contributed by atoms with Gasteiger partial charge in [0.2, 0.25) is 0 Å². The second-order valence-corrected chi connectivity index (χ2v) is 4.81. The van der Waals surface area contributed by atoms with Crippen LogP contribution in [-0.2, 0) is 6.42 Å². The van der Waals surface area contributed by atoms with Gasteiger partial charge in [-0.25, -0.2) is 4.39 Å². The van der Waals surface area contributed by atoms with Crippen molar-refractivity contribution in [3.63, 3.8) is 0 Å². The standard InChI is InChI=1S/C16H16FNO2/c17-12-4-1-3-11(9-12)10-14(18)13-5-2-6-15-16(13)20-8-7-19-15/h1-6,9,14H,7-8,10,18H2. The van der Waals surface area contributed by atoms with Crippen LogP contribution >= 0.6 is 0 Å². The minimum absolute atomic E-state index is 0.246. The van der Waals surface area contributed by atoms with Crippen molar-refractivity contribution in [1.29, 1.82) is 0 Å². The second-order valence-electron chi connectivity index (χ2n) is 4.81. The molecule has 1 aliphatic heterocycles. The van der Waals surface area contributed by atoms with Crippen LogP contribution in [0.5, 0.6) is 11.5 Å². The van der Waals surface area contributed by atoms with Gasteiger partial charge in [0, 0.05) is 11.6 Å². The fraction of sp³-hybridized carbons (Fsp3) is 0.250. The summed E-state index contributed by atoms with van der Waals surface area (Å²) in [5.41, 5.74) is 8.01. The smallest absolute Gasteiger partial charge is 0.166 e. The third-order valence-electron chi connectivity index (χ3n) is 3.34. The van der Waals surface area contributed by atoms with Crippen LogP contribution in [0.2, 0.25) is 0 Å². The predicted molar refractivity (Wildman–Crippen MR) is 74.5 cm³/mol. The number of halogens is 1. The first-order valence-corrected chi connectivity index (χ1v) is 6.62. The number of para-hydroxylation sites is 1. The topological polar surface area (TPSA) is 44.5 Å². The quantitative estimate of drug-likeness (QED) is 0.935. The summed E-state index contributed by atoms with van der Waals surface area (Å²) in [6.07, 6.45) is 0.553. The minimum atomic E-state index is -0.256. The van der Waals surface area contributed by atoms with Crippen molar-refractivity contribution >= 4 is 0 Å². The zero-order chi connectivity index (χ0) is 13.9. The number of fused-ring (bicyclic) bond motifs is 1. The SMILES string of the molecule is NC(Cc1cccc(F)c1)c1cccc2c1OCCO2. The second kappa shape index (κ2) is 5.51. The lowest BCUT2D eigenvalue weighted by Gasteiger charge is -2.23. The van der Waals surface area contributed by atoms with Gasteiger partial charge in [0.1, 0.15) is 19.0 Å². The molecule has 0 saturated carbocycles. The number of rotatable bonds is 3. The van der Waals surface area contributed by atoms with Crippen molar-refractivity contribution in [2.24, 2.45) is 5.73 Å². The minimum Gasteiger partial charge on any atom is -0.486 e. The molecular formula is C16H16FNO2. The third kappa shape index (κ3) is 2.60. The maximum absolute atomic E-state index is 13.2. The van der Waals surface area contributed by atoms with Crippen molar-refractivity contribution < 1.29 is 13.9 Å². The summed E-state index contributed by atoms with van der Waals surface area (Å²) in [7, 11) is 0. The maximum atomic E-state index is 13.2. The van der Waals surface area contributed by atoms with E-state index >= 15 is 0 Å². The molecule has 2 aromatic rings. The molecule has 0 spiro atoms. The van der Waals surface area contributed by atoms with E-state index < -0.39 is 0 Å². The Hall–Kier alpha value is -2.07. The van der Waals surface area contributed by atoms with Gasteiger partial charge >= 0.3 is 0 Å². The first-order chi connectivity index (χ1) is 9.74. The zero-order valence-electron chi connectivity index (χ0n) is 11.0. The van der Waals surface area contributed by atoms with Crippen molar-refractivity contribution in [2.45, 2.75) is 12.5 Å². The Labute approximate surface area is 117 Å². The highest BCUT2D eigenvalue weighted by Gasteiger charge is 2.20. The highest BCUT2D eigenvalue weighted by Crippen LogP contribution is 2.37. The maximum Gasteiger partial charge on any atom is 0.166 e. The first-order valence-electron chi connectivity index (χ1n) is 6.62. The molecule has 2 N–H and O–H groups in total. The zero-order valence-corrected chi connectivity index (χ0v) is 11.0. The fourth-order valence-electron chi connectivity index (χ4n) is 2.42. The lowest BCUT2D eigenvalue weighted by molar-refractivity contribution is 0.169. The molecule has 2 aromatic carbocycles. The average molecular weight is 273 g/mol. The van der Waals surface area contributed by atoms with Gasteiger partial charge in [-0.2, -0.15) is 0 Å². The van der Waals surface area contributed by atoms with Gasteiger partial charge in [0.05, 0.1) is 0 Å². The van der Waals surface area contributed by atoms with Crippen LogP contribution in [0.3, 0.4) is 0 Å². The number of nitrogens with two attached hydrogens (primary N) is 1. The van der Waals surface area contributed by atoms with Gasteiger partial charge in [-0.05, 0) is 30.2 Å². The predicted octanol–water partition coefficient (Wildman–Crippen LogP) is 2.84. The molecular weight excluding hydrogens is 257 g/mol. The van der Waals surface area contributed by atoms with Gasteiger partial charge in [0.15, 0.2) is 11.5 Å². The Morgan fingerprint density at radius 2 is 1.90 bits per heavy atom. The molecule has 0 aromatic heterocycles. The van der Waals surface area contributed by atoms with E-state index in [1.165, 1.54) is 12.1 Å². The fourth-order valence-corrected chi connectivity index (χ4v) is 2.42. The Bertz CT molecular complexity index is 615. The molecule has 3 nitrogen and oxygen atoms in total. The molecule has 1 aliphatic rings. The van der Waals surface area contributed by atoms with Crippen molar-refractivity contribution in [3.05, 3.63) is 59.4 Å². The van der Waals surface area contributed by atoms with E-state index in [0.29, 0.717) is 25.4 Å². The van der Waals surface area contributed by atoms with Crippen molar-refractivity contribution in [3.8, 4) is 11.5 Å². The van der Waals surface area contributed by atoms with Gasteiger partial charge < -0.3 is 15.2 Å². The molecule has 0 bridgehead atoms. The van der Waals surface area contributed by atoms with Crippen molar-refractivity contribution in [1.82, 2.24) is 0 Å². The highest BCUT2D eigenvalue weighted by atomic mass is 19.1.